The van der Waals surface area contributed by atoms with Crippen LogP contribution in [0.5, 0.6) is 11.5 Å². The summed E-state index contributed by atoms with van der Waals surface area (Å²) in [7, 11) is -2.49. The van der Waals surface area contributed by atoms with Crippen LogP contribution in [0, 0.1) is 6.92 Å². The summed E-state index contributed by atoms with van der Waals surface area (Å²) in [6, 6.07) is 20.2. The van der Waals surface area contributed by atoms with Gasteiger partial charge in [-0.2, -0.15) is 0 Å². The van der Waals surface area contributed by atoms with Crippen molar-refractivity contribution in [3.05, 3.63) is 83.9 Å². The van der Waals surface area contributed by atoms with Gasteiger partial charge in [0.25, 0.3) is 10.0 Å². The molecule has 0 aliphatic rings. The summed E-state index contributed by atoms with van der Waals surface area (Å²) in [5.74, 6) is 0.878. The summed E-state index contributed by atoms with van der Waals surface area (Å²) < 4.78 is 38.7. The van der Waals surface area contributed by atoms with Crippen molar-refractivity contribution < 1.29 is 22.7 Å². The molecule has 3 rings (SSSR count). The van der Waals surface area contributed by atoms with Crippen LogP contribution in [0.2, 0.25) is 0 Å². The van der Waals surface area contributed by atoms with Crippen molar-refractivity contribution in [3.63, 3.8) is 0 Å². The minimum absolute atomic E-state index is 0.0706. The molecular weight excluding hydrogens is 452 g/mol. The smallest absolute Gasteiger partial charge is 0.264 e. The Kier molecular flexibility index (Phi) is 8.17. The second-order valence-corrected chi connectivity index (χ2v) is 9.68. The normalized spacial score (nSPS) is 12.0. The lowest BCUT2D eigenvalue weighted by Gasteiger charge is -2.25. The van der Waals surface area contributed by atoms with E-state index in [4.69, 9.17) is 9.47 Å². The maximum atomic E-state index is 13.5. The predicted octanol–water partition coefficient (Wildman–Crippen LogP) is 4.48. The highest BCUT2D eigenvalue weighted by Crippen LogP contribution is 2.26. The van der Waals surface area contributed by atoms with Crippen LogP contribution in [0.25, 0.3) is 0 Å². The molecule has 0 fully saturated rings. The number of benzene rings is 3. The monoisotopic (exact) mass is 482 g/mol. The molecule has 8 heteroatoms. The van der Waals surface area contributed by atoms with Crippen LogP contribution in [0.3, 0.4) is 0 Å². The van der Waals surface area contributed by atoms with Crippen molar-refractivity contribution in [1.82, 2.24) is 5.32 Å². The molecular formula is C26H30N2O5S. The van der Waals surface area contributed by atoms with Crippen molar-refractivity contribution in [3.8, 4) is 11.5 Å². The zero-order valence-corrected chi connectivity index (χ0v) is 20.6. The van der Waals surface area contributed by atoms with Crippen molar-refractivity contribution in [1.29, 1.82) is 0 Å². The van der Waals surface area contributed by atoms with Crippen molar-refractivity contribution in [2.75, 3.05) is 24.6 Å². The molecule has 0 saturated heterocycles. The first-order valence-corrected chi connectivity index (χ1v) is 12.4. The lowest BCUT2D eigenvalue weighted by atomic mass is 10.1. The van der Waals surface area contributed by atoms with Crippen LogP contribution >= 0.6 is 0 Å². The second-order valence-electron chi connectivity index (χ2n) is 7.81. The number of aryl methyl sites for hydroxylation is 1. The molecule has 3 aromatic rings. The van der Waals surface area contributed by atoms with Crippen LogP contribution in [0.15, 0.2) is 77.7 Å². The number of carbonyl (C=O) groups excluding carboxylic acids is 1. The van der Waals surface area contributed by atoms with Crippen LogP contribution < -0.4 is 19.1 Å². The third-order valence-corrected chi connectivity index (χ3v) is 7.11. The summed E-state index contributed by atoms with van der Waals surface area (Å²) in [5.41, 5.74) is 2.28. The first kappa shape index (κ1) is 25.1. The fourth-order valence-corrected chi connectivity index (χ4v) is 4.84. The molecule has 1 amide bonds. The summed E-state index contributed by atoms with van der Waals surface area (Å²) in [6.07, 6.45) is 0. The molecule has 7 nitrogen and oxygen atoms in total. The SMILES string of the molecule is CCOc1ccc([C@@H](C)NC(=O)CN(c2ccc(C)cc2)S(=O)(=O)c2ccc(OC)cc2)cc1. The van der Waals surface area contributed by atoms with Gasteiger partial charge in [-0.05, 0) is 74.9 Å². The van der Waals surface area contributed by atoms with Gasteiger partial charge in [-0.25, -0.2) is 8.42 Å². The van der Waals surface area contributed by atoms with Gasteiger partial charge in [-0.3, -0.25) is 9.10 Å². The summed E-state index contributed by atoms with van der Waals surface area (Å²) in [5, 5.41) is 2.90. The fraction of sp³-hybridized carbons (Fsp3) is 0.269. The van der Waals surface area contributed by atoms with Gasteiger partial charge in [0.05, 0.1) is 30.3 Å². The van der Waals surface area contributed by atoms with Crippen LogP contribution in [0.4, 0.5) is 5.69 Å². The Morgan fingerprint density at radius 2 is 1.53 bits per heavy atom. The van der Waals surface area contributed by atoms with Crippen molar-refractivity contribution in [2.24, 2.45) is 0 Å². The van der Waals surface area contributed by atoms with E-state index in [1.165, 1.54) is 19.2 Å². The van der Waals surface area contributed by atoms with E-state index in [1.54, 1.807) is 24.3 Å². The molecule has 0 saturated carbocycles. The largest absolute Gasteiger partial charge is 0.497 e. The number of nitrogens with one attached hydrogen (secondary N) is 1. The molecule has 34 heavy (non-hydrogen) atoms. The summed E-state index contributed by atoms with van der Waals surface area (Å²) in [4.78, 5) is 13.0. The molecule has 0 spiro atoms. The van der Waals surface area contributed by atoms with E-state index in [-0.39, 0.29) is 17.5 Å². The third-order valence-electron chi connectivity index (χ3n) is 5.33. The molecule has 1 atom stereocenters. The fourth-order valence-electron chi connectivity index (χ4n) is 3.42. The molecule has 3 aromatic carbocycles. The molecule has 0 bridgehead atoms. The molecule has 180 valence electrons. The van der Waals surface area contributed by atoms with E-state index in [2.05, 4.69) is 5.32 Å². The van der Waals surface area contributed by atoms with Crippen molar-refractivity contribution >= 4 is 21.6 Å². The lowest BCUT2D eigenvalue weighted by molar-refractivity contribution is -0.120. The summed E-state index contributed by atoms with van der Waals surface area (Å²) in [6.45, 7) is 5.89. The van der Waals surface area contributed by atoms with Gasteiger partial charge >= 0.3 is 0 Å². The number of nitrogens with zero attached hydrogens (tertiary/aromatic N) is 1. The Morgan fingerprint density at radius 1 is 0.941 bits per heavy atom. The molecule has 0 aromatic heterocycles. The van der Waals surface area contributed by atoms with Gasteiger partial charge in [0.15, 0.2) is 0 Å². The van der Waals surface area contributed by atoms with E-state index in [0.717, 1.165) is 21.2 Å². The number of ether oxygens (including phenoxy) is 2. The number of carbonyl (C=O) groups is 1. The average molecular weight is 483 g/mol. The van der Waals surface area contributed by atoms with Crippen LogP contribution in [-0.4, -0.2) is 34.6 Å². The van der Waals surface area contributed by atoms with E-state index < -0.39 is 15.9 Å². The third kappa shape index (κ3) is 6.08. The first-order chi connectivity index (χ1) is 16.2. The molecule has 0 aliphatic heterocycles. The Bertz CT molecular complexity index is 1190. The quantitative estimate of drug-likeness (QED) is 0.461. The van der Waals surface area contributed by atoms with Gasteiger partial charge in [-0.1, -0.05) is 29.8 Å². The van der Waals surface area contributed by atoms with Crippen LogP contribution in [0.1, 0.15) is 31.0 Å². The highest BCUT2D eigenvalue weighted by Gasteiger charge is 2.27. The number of sulfonamides is 1. The van der Waals surface area contributed by atoms with Gasteiger partial charge in [-0.15, -0.1) is 0 Å². The minimum Gasteiger partial charge on any atom is -0.497 e. The molecule has 1 N–H and O–H groups in total. The van der Waals surface area contributed by atoms with Gasteiger partial charge in [0, 0.05) is 0 Å². The number of anilines is 1. The van der Waals surface area contributed by atoms with Gasteiger partial charge in [0.2, 0.25) is 5.91 Å². The van der Waals surface area contributed by atoms with E-state index in [0.29, 0.717) is 18.0 Å². The maximum Gasteiger partial charge on any atom is 0.264 e. The highest BCUT2D eigenvalue weighted by atomic mass is 32.2. The predicted molar refractivity (Wildman–Crippen MR) is 133 cm³/mol. The first-order valence-electron chi connectivity index (χ1n) is 11.0. The summed E-state index contributed by atoms with van der Waals surface area (Å²) >= 11 is 0. The highest BCUT2D eigenvalue weighted by molar-refractivity contribution is 7.92. The molecule has 0 heterocycles. The number of hydrogen-bond acceptors (Lipinski definition) is 5. The van der Waals surface area contributed by atoms with Crippen LogP contribution in [-0.2, 0) is 14.8 Å². The molecule has 0 radical (unpaired) electrons. The Labute approximate surface area is 201 Å². The minimum atomic E-state index is -4.00. The van der Waals surface area contributed by atoms with Gasteiger partial charge < -0.3 is 14.8 Å². The number of rotatable bonds is 10. The van der Waals surface area contributed by atoms with Crippen molar-refractivity contribution in [2.45, 2.75) is 31.7 Å². The van der Waals surface area contributed by atoms with E-state index >= 15 is 0 Å². The Balaban J connectivity index is 1.83. The average Bonchev–Trinajstić information content (AvgIpc) is 2.84. The van der Waals surface area contributed by atoms with E-state index in [9.17, 15) is 13.2 Å². The Morgan fingerprint density at radius 3 is 2.09 bits per heavy atom. The topological polar surface area (TPSA) is 84.9 Å². The number of methoxy groups -OCH3 is 1. The number of amides is 1. The maximum absolute atomic E-state index is 13.5. The van der Waals surface area contributed by atoms with Gasteiger partial charge in [0.1, 0.15) is 18.0 Å². The standard InChI is InChI=1S/C26H30N2O5S/c1-5-33-24-12-8-21(9-13-24)20(3)27-26(29)18-28(22-10-6-19(2)7-11-22)34(30,31)25-16-14-23(32-4)15-17-25/h6-17,20H,5,18H2,1-4H3,(H,27,29)/t20-/m1/s1. The lowest BCUT2D eigenvalue weighted by Crippen LogP contribution is -2.41. The molecule has 0 unspecified atom stereocenters. The molecule has 0 aliphatic carbocycles. The Hall–Kier alpha value is -3.52. The van der Waals surface area contributed by atoms with E-state index in [1.807, 2.05) is 57.2 Å². The number of hydrogen-bond donors (Lipinski definition) is 1. The second kappa shape index (κ2) is 11.1. The zero-order chi connectivity index (χ0) is 24.7. The zero-order valence-electron chi connectivity index (χ0n) is 19.8.